The van der Waals surface area contributed by atoms with E-state index in [4.69, 9.17) is 69.8 Å². The Kier molecular flexibility index (Phi) is 18.3. The second-order valence-electron chi connectivity index (χ2n) is 29.4. The fourth-order valence-corrected chi connectivity index (χ4v) is 15.9. The molecule has 122 heavy (non-hydrogen) atoms. The molecule has 0 amide bonds. The van der Waals surface area contributed by atoms with Gasteiger partial charge in [0.1, 0.15) is 11.6 Å². The SMILES string of the molecule is Cc1nc(C)nc(-c2ccc3c(c2)c2cc(-c4nc(-c5ccccc5)nc(-c5ccccc5)n4)ccc2n3-c2cccc(C(F)(F)F)c2-c2cc(-c3nc(-c4ccccc4)nc(-c4ccccc4)n3)ccc2-n2c3ccc(-c4nc(-c5ccccc5)nc(-c5ccccc5)n4)cc3c3cc(-c4nc(-c5ccccc5)nc(-c5ccccc5)n4)ccc32)n1. The number of hydrogen-bond acceptors (Lipinski definition) is 15. The van der Waals surface area contributed by atoms with Gasteiger partial charge < -0.3 is 9.13 Å². The second kappa shape index (κ2) is 30.5. The maximum absolute atomic E-state index is 17.6. The molecule has 0 bridgehead atoms. The molecule has 0 unspecified atom stereocenters. The number of fused-ring (bicyclic) bond motifs is 6. The molecule has 0 atom stereocenters. The largest absolute Gasteiger partial charge is 0.417 e. The Morgan fingerprint density at radius 2 is 0.418 bits per heavy atom. The highest BCUT2D eigenvalue weighted by Crippen LogP contribution is 2.49. The summed E-state index contributed by atoms with van der Waals surface area (Å²) in [6.07, 6.45) is -5.00. The van der Waals surface area contributed by atoms with Gasteiger partial charge in [0, 0.05) is 105 Å². The van der Waals surface area contributed by atoms with E-state index in [1.54, 1.807) is 12.1 Å². The van der Waals surface area contributed by atoms with E-state index in [0.29, 0.717) is 170 Å². The number of rotatable bonds is 16. The summed E-state index contributed by atoms with van der Waals surface area (Å²) in [5, 5.41) is 2.73. The molecule has 578 valence electrons. The van der Waals surface area contributed by atoms with Crippen LogP contribution in [-0.4, -0.2) is 83.9 Å². The molecule has 14 aromatic carbocycles. The summed E-state index contributed by atoms with van der Waals surface area (Å²) >= 11 is 0. The Balaban J connectivity index is 0.856. The quantitative estimate of drug-likeness (QED) is 0.0883. The van der Waals surface area contributed by atoms with Gasteiger partial charge in [0.25, 0.3) is 0 Å². The highest BCUT2D eigenvalue weighted by Gasteiger charge is 2.37. The smallest absolute Gasteiger partial charge is 0.309 e. The molecule has 0 saturated carbocycles. The lowest BCUT2D eigenvalue weighted by atomic mass is 9.93. The van der Waals surface area contributed by atoms with Crippen molar-refractivity contribution in [3.8, 4) is 171 Å². The van der Waals surface area contributed by atoms with Crippen LogP contribution in [0.5, 0.6) is 0 Å². The third kappa shape index (κ3) is 13.8. The minimum absolute atomic E-state index is 0.159. The zero-order valence-electron chi connectivity index (χ0n) is 65.2. The van der Waals surface area contributed by atoms with E-state index in [2.05, 4.69) is 4.98 Å². The minimum atomic E-state index is -5.00. The Hall–Kier alpha value is -16.5. The second-order valence-corrected chi connectivity index (χ2v) is 29.4. The van der Waals surface area contributed by atoms with Crippen molar-refractivity contribution in [1.82, 2.24) is 83.9 Å². The van der Waals surface area contributed by atoms with Crippen molar-refractivity contribution in [3.63, 3.8) is 0 Å². The number of hydrogen-bond donors (Lipinski definition) is 0. The van der Waals surface area contributed by atoms with Gasteiger partial charge in [-0.2, -0.15) is 13.2 Å². The average Bonchev–Trinajstić information content (AvgIpc) is 1.53. The minimum Gasteiger partial charge on any atom is -0.309 e. The van der Waals surface area contributed by atoms with Gasteiger partial charge in [0.2, 0.25) is 0 Å². The fraction of sp³-hybridized carbons (Fsp3) is 0.0294. The molecule has 0 aliphatic rings. The van der Waals surface area contributed by atoms with E-state index < -0.39 is 11.7 Å². The highest BCUT2D eigenvalue weighted by molar-refractivity contribution is 6.14. The summed E-state index contributed by atoms with van der Waals surface area (Å²) < 4.78 is 56.6. The Labute approximate surface area is 696 Å². The summed E-state index contributed by atoms with van der Waals surface area (Å²) in [7, 11) is 0. The number of halogens is 3. The highest BCUT2D eigenvalue weighted by atomic mass is 19.4. The molecule has 7 heterocycles. The Bertz CT molecular complexity index is 7180. The van der Waals surface area contributed by atoms with Crippen LogP contribution in [0.2, 0.25) is 0 Å². The average molecular weight is 1580 g/mol. The lowest BCUT2D eigenvalue weighted by Gasteiger charge is -2.23. The third-order valence-corrected chi connectivity index (χ3v) is 21.6. The molecular weight excluding hydrogens is 1520 g/mol. The summed E-state index contributed by atoms with van der Waals surface area (Å²) in [4.78, 5) is 76.1. The van der Waals surface area contributed by atoms with Crippen molar-refractivity contribution in [2.45, 2.75) is 20.0 Å². The topological polar surface area (TPSA) is 203 Å². The first-order chi connectivity index (χ1) is 59.9. The molecule has 17 nitrogen and oxygen atoms in total. The number of nitrogens with zero attached hydrogens (tertiary/aromatic N) is 17. The molecule has 0 N–H and O–H groups in total. The number of benzene rings is 14. The van der Waals surface area contributed by atoms with Crippen LogP contribution in [0.3, 0.4) is 0 Å². The van der Waals surface area contributed by atoms with Crippen LogP contribution in [0.15, 0.2) is 352 Å². The third-order valence-electron chi connectivity index (χ3n) is 21.6. The van der Waals surface area contributed by atoms with Gasteiger partial charge in [0.05, 0.1) is 39.0 Å². The van der Waals surface area contributed by atoms with E-state index >= 15 is 13.2 Å². The maximum Gasteiger partial charge on any atom is 0.417 e. The van der Waals surface area contributed by atoms with E-state index in [1.165, 1.54) is 6.07 Å². The molecule has 0 spiro atoms. The summed E-state index contributed by atoms with van der Waals surface area (Å²) in [6.45, 7) is 3.63. The molecule has 0 aliphatic heterocycles. The van der Waals surface area contributed by atoms with Gasteiger partial charge in [0.15, 0.2) is 75.7 Å². The van der Waals surface area contributed by atoms with Gasteiger partial charge in [-0.1, -0.05) is 249 Å². The summed E-state index contributed by atoms with van der Waals surface area (Å²) in [6, 6.07) is 111. The van der Waals surface area contributed by atoms with Gasteiger partial charge >= 0.3 is 6.18 Å². The lowest BCUT2D eigenvalue weighted by molar-refractivity contribution is -0.137. The lowest BCUT2D eigenvalue weighted by Crippen LogP contribution is -2.11. The molecule has 7 aromatic heterocycles. The number of alkyl halides is 3. The van der Waals surface area contributed by atoms with Gasteiger partial charge in [-0.3, -0.25) is 0 Å². The summed E-state index contributed by atoms with van der Waals surface area (Å²) in [5.41, 5.74) is 11.1. The van der Waals surface area contributed by atoms with E-state index in [-0.39, 0.29) is 22.6 Å². The predicted octanol–water partition coefficient (Wildman–Crippen LogP) is 23.8. The molecule has 21 aromatic rings. The van der Waals surface area contributed by atoms with Gasteiger partial charge in [-0.05, 0) is 117 Å². The molecule has 0 radical (unpaired) electrons. The zero-order valence-corrected chi connectivity index (χ0v) is 65.2. The maximum atomic E-state index is 17.6. The van der Waals surface area contributed by atoms with Crippen molar-refractivity contribution < 1.29 is 13.2 Å². The normalized spacial score (nSPS) is 11.6. The van der Waals surface area contributed by atoms with Crippen molar-refractivity contribution in [2.24, 2.45) is 0 Å². The summed E-state index contributed by atoms with van der Waals surface area (Å²) in [5.74, 6) is 6.28. The van der Waals surface area contributed by atoms with E-state index in [0.717, 1.165) is 39.4 Å². The number of aromatic nitrogens is 17. The van der Waals surface area contributed by atoms with Crippen molar-refractivity contribution >= 4 is 43.6 Å². The van der Waals surface area contributed by atoms with Gasteiger partial charge in [-0.25, -0.2) is 74.8 Å². The standard InChI is InChI=1S/C102H64F3N17/c1-61-106-62(2)108-97(107-61)71-46-53-84-78(56-71)79-59-74(100-117-93(67-36-19-7-20-37-67)111-94(118-100)68-38-21-8-22-39-68)49-54-85(79)122(84)87-45-27-44-81(102(103,104)105)88(87)80-60-75(101-119-95(69-40-23-9-24-41-69)112-96(120-101)70-42-25-10-26-43-70)50-55-86(80)121-82-51-47-72(98-113-89(63-28-11-3-12-29-63)109-90(114-98)64-30-13-4-14-31-64)57-76(82)77-58-73(48-52-83(77)121)99-115-91(65-32-15-5-16-33-65)110-92(116-99)66-34-17-6-18-35-66/h3-60H,1-2H3. The first-order valence-corrected chi connectivity index (χ1v) is 39.6. The van der Waals surface area contributed by atoms with Crippen LogP contribution < -0.4 is 0 Å². The van der Waals surface area contributed by atoms with Crippen molar-refractivity contribution in [3.05, 3.63) is 369 Å². The van der Waals surface area contributed by atoms with E-state index in [9.17, 15) is 0 Å². The van der Waals surface area contributed by atoms with Gasteiger partial charge in [-0.15, -0.1) is 0 Å². The van der Waals surface area contributed by atoms with Crippen LogP contribution in [0.25, 0.3) is 214 Å². The molecular formula is C102H64F3N17. The number of aryl methyl sites for hydroxylation is 2. The van der Waals surface area contributed by atoms with Crippen LogP contribution in [-0.2, 0) is 6.18 Å². The van der Waals surface area contributed by atoms with Crippen molar-refractivity contribution in [1.29, 1.82) is 0 Å². The van der Waals surface area contributed by atoms with E-state index in [1.807, 2.05) is 351 Å². The van der Waals surface area contributed by atoms with Crippen LogP contribution in [0.1, 0.15) is 17.2 Å². The van der Waals surface area contributed by atoms with Crippen LogP contribution >= 0.6 is 0 Å². The monoisotopic (exact) mass is 1580 g/mol. The first-order valence-electron chi connectivity index (χ1n) is 39.6. The molecule has 0 aliphatic carbocycles. The predicted molar refractivity (Wildman–Crippen MR) is 473 cm³/mol. The molecule has 0 fully saturated rings. The Morgan fingerprint density at radius 1 is 0.197 bits per heavy atom. The first kappa shape index (κ1) is 73.2. The molecule has 0 saturated heterocycles. The van der Waals surface area contributed by atoms with Crippen LogP contribution in [0.4, 0.5) is 13.2 Å². The molecule has 20 heteroatoms. The fourth-order valence-electron chi connectivity index (χ4n) is 15.9. The zero-order chi connectivity index (χ0) is 81.9. The molecule has 21 rings (SSSR count). The van der Waals surface area contributed by atoms with Crippen molar-refractivity contribution in [2.75, 3.05) is 0 Å². The Morgan fingerprint density at radius 3 is 0.672 bits per heavy atom. The van der Waals surface area contributed by atoms with Crippen LogP contribution in [0, 0.1) is 13.8 Å².